The van der Waals surface area contributed by atoms with E-state index in [9.17, 15) is 0 Å². The van der Waals surface area contributed by atoms with Crippen molar-refractivity contribution in [2.45, 2.75) is 25.4 Å². The second-order valence-corrected chi connectivity index (χ2v) is 5.77. The number of nitrogens with two attached hydrogens (primary N) is 1. The number of aryl methyl sites for hydroxylation is 1. The van der Waals surface area contributed by atoms with E-state index in [-0.39, 0.29) is 6.04 Å². The number of piperazine rings is 1. The molecule has 0 bridgehead atoms. The van der Waals surface area contributed by atoms with Crippen LogP contribution in [0.5, 0.6) is 0 Å². The summed E-state index contributed by atoms with van der Waals surface area (Å²) in [4.78, 5) is 4.84. The largest absolute Gasteiger partial charge is 0.304 e. The summed E-state index contributed by atoms with van der Waals surface area (Å²) < 4.78 is 0. The van der Waals surface area contributed by atoms with Gasteiger partial charge in [0.2, 0.25) is 0 Å². The van der Waals surface area contributed by atoms with Gasteiger partial charge in [0.15, 0.2) is 0 Å². The number of hydrazine groups is 1. The van der Waals surface area contributed by atoms with Gasteiger partial charge in [-0.05, 0) is 33.0 Å². The Hall–Kier alpha value is -0.940. The summed E-state index contributed by atoms with van der Waals surface area (Å²) in [6, 6.07) is 9.38. The predicted octanol–water partition coefficient (Wildman–Crippen LogP) is 1.14. The van der Waals surface area contributed by atoms with Crippen molar-refractivity contribution < 1.29 is 0 Å². The van der Waals surface area contributed by atoms with Crippen LogP contribution in [0.2, 0.25) is 0 Å². The van der Waals surface area contributed by atoms with Crippen LogP contribution in [0.15, 0.2) is 24.3 Å². The standard InChI is InChI=1S/C15H26N4/c1-12-5-4-6-13(9-12)15(17-16)10-14-11-18(2)7-8-19(14)3/h4-6,9,14-15,17H,7-8,10-11,16H2,1-3H3. The molecule has 1 aromatic rings. The van der Waals surface area contributed by atoms with Gasteiger partial charge in [-0.1, -0.05) is 29.8 Å². The third-order valence-electron chi connectivity index (χ3n) is 4.13. The maximum Gasteiger partial charge on any atom is 0.0475 e. The average molecular weight is 262 g/mol. The number of nitrogens with one attached hydrogen (secondary N) is 1. The monoisotopic (exact) mass is 262 g/mol. The van der Waals surface area contributed by atoms with E-state index in [1.165, 1.54) is 11.1 Å². The fourth-order valence-electron chi connectivity index (χ4n) is 2.82. The van der Waals surface area contributed by atoms with E-state index >= 15 is 0 Å². The molecular weight excluding hydrogens is 236 g/mol. The summed E-state index contributed by atoms with van der Waals surface area (Å²) in [6.07, 6.45) is 1.04. The van der Waals surface area contributed by atoms with Crippen molar-refractivity contribution in [2.24, 2.45) is 5.84 Å². The highest BCUT2D eigenvalue weighted by atomic mass is 15.3. The van der Waals surface area contributed by atoms with Crippen molar-refractivity contribution in [1.29, 1.82) is 0 Å². The van der Waals surface area contributed by atoms with Crippen molar-refractivity contribution in [3.05, 3.63) is 35.4 Å². The number of benzene rings is 1. The summed E-state index contributed by atoms with van der Waals surface area (Å²) in [5.41, 5.74) is 5.55. The Labute approximate surface area is 116 Å². The fourth-order valence-corrected chi connectivity index (χ4v) is 2.82. The van der Waals surface area contributed by atoms with Crippen molar-refractivity contribution in [3.8, 4) is 0 Å². The second-order valence-electron chi connectivity index (χ2n) is 5.77. The van der Waals surface area contributed by atoms with Crippen LogP contribution in [0.1, 0.15) is 23.6 Å². The van der Waals surface area contributed by atoms with E-state index in [0.717, 1.165) is 26.1 Å². The highest BCUT2D eigenvalue weighted by Crippen LogP contribution is 2.22. The Morgan fingerprint density at radius 1 is 1.37 bits per heavy atom. The molecule has 3 N–H and O–H groups in total. The first-order valence-corrected chi connectivity index (χ1v) is 7.01. The van der Waals surface area contributed by atoms with Gasteiger partial charge < -0.3 is 9.80 Å². The highest BCUT2D eigenvalue weighted by molar-refractivity contribution is 5.25. The molecule has 0 amide bonds. The predicted molar refractivity (Wildman–Crippen MR) is 79.8 cm³/mol. The fraction of sp³-hybridized carbons (Fsp3) is 0.600. The van der Waals surface area contributed by atoms with Crippen molar-refractivity contribution in [2.75, 3.05) is 33.7 Å². The first-order valence-electron chi connectivity index (χ1n) is 7.01. The summed E-state index contributed by atoms with van der Waals surface area (Å²) in [5, 5.41) is 0. The molecule has 106 valence electrons. The third-order valence-corrected chi connectivity index (χ3v) is 4.13. The minimum atomic E-state index is 0.221. The number of hydrogen-bond acceptors (Lipinski definition) is 4. The lowest BCUT2D eigenvalue weighted by Crippen LogP contribution is -2.51. The normalized spacial score (nSPS) is 23.5. The molecule has 4 heteroatoms. The molecule has 1 aliphatic rings. The van der Waals surface area contributed by atoms with E-state index in [2.05, 4.69) is 60.5 Å². The molecule has 0 spiro atoms. The smallest absolute Gasteiger partial charge is 0.0475 e. The van der Waals surface area contributed by atoms with Crippen molar-refractivity contribution in [3.63, 3.8) is 0 Å². The van der Waals surface area contributed by atoms with Gasteiger partial charge in [0.25, 0.3) is 0 Å². The van der Waals surface area contributed by atoms with Crippen molar-refractivity contribution in [1.82, 2.24) is 15.2 Å². The summed E-state index contributed by atoms with van der Waals surface area (Å²) >= 11 is 0. The summed E-state index contributed by atoms with van der Waals surface area (Å²) in [5.74, 6) is 5.77. The Morgan fingerprint density at radius 3 is 2.84 bits per heavy atom. The van der Waals surface area contributed by atoms with Crippen LogP contribution >= 0.6 is 0 Å². The number of nitrogens with zero attached hydrogens (tertiary/aromatic N) is 2. The zero-order chi connectivity index (χ0) is 13.8. The van der Waals surface area contributed by atoms with Gasteiger partial charge in [-0.25, -0.2) is 0 Å². The lowest BCUT2D eigenvalue weighted by Gasteiger charge is -2.39. The van der Waals surface area contributed by atoms with Crippen LogP contribution in [0, 0.1) is 6.92 Å². The zero-order valence-corrected chi connectivity index (χ0v) is 12.3. The van der Waals surface area contributed by atoms with Crippen LogP contribution < -0.4 is 11.3 Å². The lowest BCUT2D eigenvalue weighted by molar-refractivity contribution is 0.101. The molecule has 0 saturated carbocycles. The molecule has 0 aliphatic carbocycles. The Morgan fingerprint density at radius 2 is 2.16 bits per heavy atom. The maximum absolute atomic E-state index is 5.77. The van der Waals surface area contributed by atoms with Crippen LogP contribution in [-0.2, 0) is 0 Å². The number of likely N-dealkylation sites (N-methyl/N-ethyl adjacent to an activating group) is 2. The average Bonchev–Trinajstić information content (AvgIpc) is 2.39. The zero-order valence-electron chi connectivity index (χ0n) is 12.3. The minimum Gasteiger partial charge on any atom is -0.304 e. The van der Waals surface area contributed by atoms with Crippen LogP contribution in [0.3, 0.4) is 0 Å². The summed E-state index contributed by atoms with van der Waals surface area (Å²) in [6.45, 7) is 5.52. The van der Waals surface area contributed by atoms with Crippen LogP contribution in [0.4, 0.5) is 0 Å². The first kappa shape index (κ1) is 14.5. The SMILES string of the molecule is Cc1cccc(C(CC2CN(C)CCN2C)NN)c1. The molecule has 4 nitrogen and oxygen atoms in total. The second kappa shape index (κ2) is 6.48. The molecular formula is C15H26N4. The Bertz CT molecular complexity index is 407. The van der Waals surface area contributed by atoms with E-state index in [4.69, 9.17) is 5.84 Å². The van der Waals surface area contributed by atoms with Crippen LogP contribution in [0.25, 0.3) is 0 Å². The number of hydrogen-bond donors (Lipinski definition) is 2. The molecule has 2 unspecified atom stereocenters. The Balaban J connectivity index is 2.06. The Kier molecular flexibility index (Phi) is 4.93. The minimum absolute atomic E-state index is 0.221. The van der Waals surface area contributed by atoms with E-state index < -0.39 is 0 Å². The van der Waals surface area contributed by atoms with Gasteiger partial charge in [-0.2, -0.15) is 0 Å². The quantitative estimate of drug-likeness (QED) is 0.631. The van der Waals surface area contributed by atoms with E-state index in [1.54, 1.807) is 0 Å². The van der Waals surface area contributed by atoms with Gasteiger partial charge in [-0.15, -0.1) is 0 Å². The molecule has 19 heavy (non-hydrogen) atoms. The van der Waals surface area contributed by atoms with Gasteiger partial charge in [0.05, 0.1) is 0 Å². The van der Waals surface area contributed by atoms with Crippen LogP contribution in [-0.4, -0.2) is 49.6 Å². The molecule has 1 saturated heterocycles. The first-order chi connectivity index (χ1) is 9.10. The molecule has 1 aliphatic heterocycles. The maximum atomic E-state index is 5.77. The van der Waals surface area contributed by atoms with Gasteiger partial charge in [-0.3, -0.25) is 11.3 Å². The molecule has 0 radical (unpaired) electrons. The topological polar surface area (TPSA) is 44.5 Å². The van der Waals surface area contributed by atoms with Gasteiger partial charge >= 0.3 is 0 Å². The summed E-state index contributed by atoms with van der Waals surface area (Å²) in [7, 11) is 4.40. The molecule has 1 aromatic carbocycles. The molecule has 0 aromatic heterocycles. The third kappa shape index (κ3) is 3.76. The number of rotatable bonds is 4. The highest BCUT2D eigenvalue weighted by Gasteiger charge is 2.25. The van der Waals surface area contributed by atoms with E-state index in [0.29, 0.717) is 6.04 Å². The molecule has 1 heterocycles. The molecule has 2 atom stereocenters. The molecule has 1 fully saturated rings. The molecule has 2 rings (SSSR count). The van der Waals surface area contributed by atoms with Crippen molar-refractivity contribution >= 4 is 0 Å². The van der Waals surface area contributed by atoms with Gasteiger partial charge in [0.1, 0.15) is 0 Å². The van der Waals surface area contributed by atoms with E-state index in [1.807, 2.05) is 0 Å². The van der Waals surface area contributed by atoms with Gasteiger partial charge in [0, 0.05) is 31.7 Å². The lowest BCUT2D eigenvalue weighted by atomic mass is 9.96.